The van der Waals surface area contributed by atoms with Crippen molar-refractivity contribution in [1.29, 1.82) is 0 Å². The van der Waals surface area contributed by atoms with E-state index in [4.69, 9.17) is 4.74 Å². The molecule has 0 aliphatic carbocycles. The van der Waals surface area contributed by atoms with Crippen LogP contribution in [-0.2, 0) is 4.79 Å². The molecule has 0 bridgehead atoms. The molecule has 0 unspecified atom stereocenters. The quantitative estimate of drug-likeness (QED) is 0.511. The molecule has 150 valence electrons. The van der Waals surface area contributed by atoms with E-state index in [0.717, 1.165) is 30.7 Å². The molecule has 2 aromatic rings. The number of hydrogen-bond donors (Lipinski definition) is 3. The van der Waals surface area contributed by atoms with Crippen LogP contribution < -0.4 is 20.7 Å². The number of unbranched alkanes of at least 4 members (excludes halogenated alkanes) is 1. The predicted octanol–water partition coefficient (Wildman–Crippen LogP) is 4.06. The summed E-state index contributed by atoms with van der Waals surface area (Å²) in [6.07, 6.45) is 2.94. The molecule has 0 fully saturated rings. The SMILES string of the molecule is CCCCNC(=O)c1ccc(NCC(=O)Nc2cccc(OCCC)c2)cc1. The molecule has 0 radical (unpaired) electrons. The van der Waals surface area contributed by atoms with Crippen molar-refractivity contribution < 1.29 is 14.3 Å². The van der Waals surface area contributed by atoms with E-state index < -0.39 is 0 Å². The Hall–Kier alpha value is -3.02. The third-order valence-electron chi connectivity index (χ3n) is 4.01. The number of amides is 2. The van der Waals surface area contributed by atoms with Gasteiger partial charge < -0.3 is 20.7 Å². The van der Waals surface area contributed by atoms with Gasteiger partial charge in [-0.15, -0.1) is 0 Å². The van der Waals surface area contributed by atoms with Gasteiger partial charge in [-0.05, 0) is 49.2 Å². The first kappa shape index (κ1) is 21.3. The van der Waals surface area contributed by atoms with E-state index in [2.05, 4.69) is 22.9 Å². The highest BCUT2D eigenvalue weighted by Crippen LogP contribution is 2.17. The molecule has 2 rings (SSSR count). The molecule has 0 saturated heterocycles. The van der Waals surface area contributed by atoms with E-state index in [0.29, 0.717) is 24.4 Å². The van der Waals surface area contributed by atoms with Crippen molar-refractivity contribution in [3.63, 3.8) is 0 Å². The summed E-state index contributed by atoms with van der Waals surface area (Å²) in [5, 5.41) is 8.78. The van der Waals surface area contributed by atoms with Gasteiger partial charge in [0.15, 0.2) is 0 Å². The average molecular weight is 383 g/mol. The summed E-state index contributed by atoms with van der Waals surface area (Å²) in [6.45, 7) is 5.58. The van der Waals surface area contributed by atoms with Gasteiger partial charge in [-0.3, -0.25) is 9.59 Å². The van der Waals surface area contributed by atoms with E-state index in [1.807, 2.05) is 25.1 Å². The first-order chi connectivity index (χ1) is 13.6. The van der Waals surface area contributed by atoms with E-state index in [1.165, 1.54) is 0 Å². The Morgan fingerprint density at radius 1 is 0.964 bits per heavy atom. The Morgan fingerprint density at radius 3 is 2.46 bits per heavy atom. The summed E-state index contributed by atoms with van der Waals surface area (Å²) in [6, 6.07) is 14.4. The van der Waals surface area contributed by atoms with Crippen LogP contribution in [0.25, 0.3) is 0 Å². The van der Waals surface area contributed by atoms with Gasteiger partial charge >= 0.3 is 0 Å². The molecule has 6 nitrogen and oxygen atoms in total. The second-order valence-electron chi connectivity index (χ2n) is 6.46. The zero-order valence-electron chi connectivity index (χ0n) is 16.6. The molecule has 0 heterocycles. The predicted molar refractivity (Wildman–Crippen MR) is 113 cm³/mol. The number of rotatable bonds is 11. The van der Waals surface area contributed by atoms with Crippen molar-refractivity contribution in [2.75, 3.05) is 30.3 Å². The van der Waals surface area contributed by atoms with Crippen LogP contribution in [0.1, 0.15) is 43.5 Å². The Bertz CT molecular complexity index is 760. The zero-order chi connectivity index (χ0) is 20.2. The number of hydrogen-bond acceptors (Lipinski definition) is 4. The van der Waals surface area contributed by atoms with Crippen LogP contribution in [0.3, 0.4) is 0 Å². The van der Waals surface area contributed by atoms with Gasteiger partial charge in [0.2, 0.25) is 5.91 Å². The molecule has 2 amide bonds. The smallest absolute Gasteiger partial charge is 0.251 e. The van der Waals surface area contributed by atoms with E-state index in [9.17, 15) is 9.59 Å². The number of ether oxygens (including phenoxy) is 1. The number of carbonyl (C=O) groups is 2. The van der Waals surface area contributed by atoms with Crippen molar-refractivity contribution in [1.82, 2.24) is 5.32 Å². The van der Waals surface area contributed by atoms with E-state index >= 15 is 0 Å². The van der Waals surface area contributed by atoms with Crippen molar-refractivity contribution >= 4 is 23.2 Å². The van der Waals surface area contributed by atoms with Gasteiger partial charge in [-0.25, -0.2) is 0 Å². The topological polar surface area (TPSA) is 79.5 Å². The van der Waals surface area contributed by atoms with Crippen LogP contribution in [0.5, 0.6) is 5.75 Å². The highest BCUT2D eigenvalue weighted by Gasteiger charge is 2.06. The molecule has 6 heteroatoms. The van der Waals surface area contributed by atoms with Crippen molar-refractivity contribution in [3.8, 4) is 5.75 Å². The summed E-state index contributed by atoms with van der Waals surface area (Å²) in [4.78, 5) is 24.1. The van der Waals surface area contributed by atoms with Gasteiger partial charge in [-0.1, -0.05) is 26.3 Å². The summed E-state index contributed by atoms with van der Waals surface area (Å²) in [5.41, 5.74) is 2.08. The van der Waals surface area contributed by atoms with Crippen LogP contribution in [-0.4, -0.2) is 31.5 Å². The summed E-state index contributed by atoms with van der Waals surface area (Å²) in [7, 11) is 0. The monoisotopic (exact) mass is 383 g/mol. The second-order valence-corrected chi connectivity index (χ2v) is 6.46. The third kappa shape index (κ3) is 7.31. The molecule has 0 aliphatic rings. The summed E-state index contributed by atoms with van der Waals surface area (Å²) in [5.74, 6) is 0.498. The fourth-order valence-electron chi connectivity index (χ4n) is 2.49. The largest absolute Gasteiger partial charge is 0.494 e. The molecule has 0 saturated carbocycles. The first-order valence-electron chi connectivity index (χ1n) is 9.77. The lowest BCUT2D eigenvalue weighted by molar-refractivity contribution is -0.114. The third-order valence-corrected chi connectivity index (χ3v) is 4.01. The van der Waals surface area contributed by atoms with Crippen molar-refractivity contribution in [3.05, 3.63) is 54.1 Å². The Labute approximate surface area is 166 Å². The zero-order valence-corrected chi connectivity index (χ0v) is 16.6. The highest BCUT2D eigenvalue weighted by atomic mass is 16.5. The first-order valence-corrected chi connectivity index (χ1v) is 9.77. The minimum Gasteiger partial charge on any atom is -0.494 e. The van der Waals surface area contributed by atoms with Crippen molar-refractivity contribution in [2.24, 2.45) is 0 Å². The van der Waals surface area contributed by atoms with Gasteiger partial charge in [0.25, 0.3) is 5.91 Å². The fourth-order valence-corrected chi connectivity index (χ4v) is 2.49. The number of carbonyl (C=O) groups excluding carboxylic acids is 2. The summed E-state index contributed by atoms with van der Waals surface area (Å²) < 4.78 is 5.57. The molecular weight excluding hydrogens is 354 g/mol. The minimum atomic E-state index is -0.158. The van der Waals surface area contributed by atoms with Crippen LogP contribution in [0.15, 0.2) is 48.5 Å². The molecule has 0 atom stereocenters. The highest BCUT2D eigenvalue weighted by molar-refractivity contribution is 5.95. The lowest BCUT2D eigenvalue weighted by atomic mass is 10.2. The molecule has 0 aromatic heterocycles. The van der Waals surface area contributed by atoms with Crippen LogP contribution >= 0.6 is 0 Å². The van der Waals surface area contributed by atoms with Crippen LogP contribution in [0.2, 0.25) is 0 Å². The molecule has 3 N–H and O–H groups in total. The van der Waals surface area contributed by atoms with Gasteiger partial charge in [0, 0.05) is 29.5 Å². The van der Waals surface area contributed by atoms with Crippen LogP contribution in [0, 0.1) is 0 Å². The lowest BCUT2D eigenvalue weighted by Crippen LogP contribution is -2.24. The number of nitrogens with one attached hydrogen (secondary N) is 3. The standard InChI is InChI=1S/C22H29N3O3/c1-3-5-13-23-22(27)17-9-11-18(12-10-17)24-16-21(26)25-19-7-6-8-20(15-19)28-14-4-2/h6-12,15,24H,3-5,13-14,16H2,1-2H3,(H,23,27)(H,25,26). The minimum absolute atomic E-state index is 0.0806. The van der Waals surface area contributed by atoms with Crippen LogP contribution in [0.4, 0.5) is 11.4 Å². The van der Waals surface area contributed by atoms with Gasteiger partial charge in [0.05, 0.1) is 13.2 Å². The maximum Gasteiger partial charge on any atom is 0.251 e. The fraction of sp³-hybridized carbons (Fsp3) is 0.364. The van der Waals surface area contributed by atoms with Crippen molar-refractivity contribution in [2.45, 2.75) is 33.1 Å². The van der Waals surface area contributed by atoms with E-state index in [-0.39, 0.29) is 18.4 Å². The normalized spacial score (nSPS) is 10.2. The Morgan fingerprint density at radius 2 is 1.75 bits per heavy atom. The number of anilines is 2. The Kier molecular flexibility index (Phi) is 8.85. The average Bonchev–Trinajstić information content (AvgIpc) is 2.71. The lowest BCUT2D eigenvalue weighted by Gasteiger charge is -2.10. The van der Waals surface area contributed by atoms with E-state index in [1.54, 1.807) is 30.3 Å². The molecule has 0 spiro atoms. The molecular formula is C22H29N3O3. The second kappa shape index (κ2) is 11.6. The maximum absolute atomic E-state index is 12.2. The Balaban J connectivity index is 1.80. The van der Waals surface area contributed by atoms with Gasteiger partial charge in [-0.2, -0.15) is 0 Å². The maximum atomic E-state index is 12.2. The molecule has 28 heavy (non-hydrogen) atoms. The number of benzene rings is 2. The molecule has 0 aliphatic heterocycles. The molecule has 2 aromatic carbocycles. The summed E-state index contributed by atoms with van der Waals surface area (Å²) >= 11 is 0. The van der Waals surface area contributed by atoms with Gasteiger partial charge in [0.1, 0.15) is 5.75 Å².